The number of rotatable bonds is 1. The Bertz CT molecular complexity index is 426. The number of carbonyl (C=O) groups is 1. The van der Waals surface area contributed by atoms with Crippen LogP contribution in [0.2, 0.25) is 5.02 Å². The molecule has 2 N–H and O–H groups in total. The van der Waals surface area contributed by atoms with E-state index in [-0.39, 0.29) is 0 Å². The first-order valence-corrected chi connectivity index (χ1v) is 4.47. The van der Waals surface area contributed by atoms with E-state index in [0.29, 0.717) is 17.2 Å². The maximum Gasteiger partial charge on any atom is 0.249 e. The van der Waals surface area contributed by atoms with E-state index in [1.54, 1.807) is 18.2 Å². The largest absolute Gasteiger partial charge is 0.496 e. The molecular formula is C10H8ClNO2. The van der Waals surface area contributed by atoms with Crippen LogP contribution in [0.15, 0.2) is 18.4 Å². The van der Waals surface area contributed by atoms with Gasteiger partial charge < -0.3 is 10.5 Å². The van der Waals surface area contributed by atoms with Gasteiger partial charge in [0.2, 0.25) is 5.91 Å². The molecule has 0 atom stereocenters. The fourth-order valence-electron chi connectivity index (χ4n) is 1.44. The zero-order valence-electron chi connectivity index (χ0n) is 7.29. The maximum absolute atomic E-state index is 11.1. The number of benzene rings is 1. The third-order valence-corrected chi connectivity index (χ3v) is 2.48. The van der Waals surface area contributed by atoms with E-state index in [2.05, 4.69) is 0 Å². The smallest absolute Gasteiger partial charge is 0.249 e. The van der Waals surface area contributed by atoms with Crippen LogP contribution in [0.25, 0.3) is 6.08 Å². The molecule has 1 aliphatic rings. The maximum atomic E-state index is 11.1. The summed E-state index contributed by atoms with van der Waals surface area (Å²) in [6.45, 7) is 0.381. The highest BCUT2D eigenvalue weighted by atomic mass is 35.5. The molecule has 14 heavy (non-hydrogen) atoms. The molecule has 3 nitrogen and oxygen atoms in total. The number of carbonyl (C=O) groups excluding carboxylic acids is 1. The third kappa shape index (κ3) is 1.36. The Morgan fingerprint density at radius 2 is 2.29 bits per heavy atom. The lowest BCUT2D eigenvalue weighted by atomic mass is 10.00. The van der Waals surface area contributed by atoms with Gasteiger partial charge in [-0.25, -0.2) is 0 Å². The minimum absolute atomic E-state index is 0.381. The number of hydrogen-bond acceptors (Lipinski definition) is 2. The van der Waals surface area contributed by atoms with Gasteiger partial charge in [-0.2, -0.15) is 0 Å². The average molecular weight is 210 g/mol. The molecule has 0 aromatic heterocycles. The van der Waals surface area contributed by atoms with Crippen molar-refractivity contribution < 1.29 is 9.53 Å². The number of ether oxygens (including phenoxy) is 1. The molecule has 1 aliphatic heterocycles. The molecule has 1 aromatic rings. The van der Waals surface area contributed by atoms with E-state index in [1.165, 1.54) is 6.26 Å². The van der Waals surface area contributed by atoms with Crippen LogP contribution in [-0.4, -0.2) is 5.91 Å². The van der Waals surface area contributed by atoms with Crippen LogP contribution in [0.4, 0.5) is 0 Å². The van der Waals surface area contributed by atoms with Crippen molar-refractivity contribution >= 4 is 23.6 Å². The lowest BCUT2D eigenvalue weighted by Crippen LogP contribution is -2.15. The van der Waals surface area contributed by atoms with Crippen molar-refractivity contribution in [3.05, 3.63) is 40.1 Å². The summed E-state index contributed by atoms with van der Waals surface area (Å²) in [5.74, 6) is -0.454. The average Bonchev–Trinajstić information content (AvgIpc) is 2.18. The Hall–Kier alpha value is -1.48. The molecule has 4 heteroatoms. The SMILES string of the molecule is NC(=O)c1ccc(Cl)c2c1C=COC2. The van der Waals surface area contributed by atoms with E-state index < -0.39 is 5.91 Å². The minimum Gasteiger partial charge on any atom is -0.496 e. The summed E-state index contributed by atoms with van der Waals surface area (Å²) in [5, 5.41) is 0.592. The number of nitrogens with two attached hydrogens (primary N) is 1. The molecule has 0 bridgehead atoms. The van der Waals surface area contributed by atoms with Gasteiger partial charge in [0.1, 0.15) is 6.61 Å². The van der Waals surface area contributed by atoms with Gasteiger partial charge in [-0.15, -0.1) is 0 Å². The van der Waals surface area contributed by atoms with Crippen LogP contribution in [0.3, 0.4) is 0 Å². The predicted octanol–water partition coefficient (Wildman–Crippen LogP) is 1.94. The zero-order valence-corrected chi connectivity index (χ0v) is 8.04. The van der Waals surface area contributed by atoms with Crippen molar-refractivity contribution in [1.82, 2.24) is 0 Å². The normalized spacial score (nSPS) is 13.2. The first-order valence-electron chi connectivity index (χ1n) is 4.09. The molecular weight excluding hydrogens is 202 g/mol. The molecule has 2 rings (SSSR count). The molecule has 0 unspecified atom stereocenters. The Morgan fingerprint density at radius 1 is 1.50 bits per heavy atom. The van der Waals surface area contributed by atoms with Gasteiger partial charge >= 0.3 is 0 Å². The van der Waals surface area contributed by atoms with Crippen LogP contribution in [0, 0.1) is 0 Å². The Morgan fingerprint density at radius 3 is 3.00 bits per heavy atom. The summed E-state index contributed by atoms with van der Waals surface area (Å²) in [5.41, 5.74) is 7.28. The van der Waals surface area contributed by atoms with Crippen molar-refractivity contribution in [2.24, 2.45) is 5.73 Å². The van der Waals surface area contributed by atoms with Crippen LogP contribution in [-0.2, 0) is 11.3 Å². The molecule has 0 aliphatic carbocycles. The van der Waals surface area contributed by atoms with Crippen molar-refractivity contribution in [2.75, 3.05) is 0 Å². The quantitative estimate of drug-likeness (QED) is 0.769. The summed E-state index contributed by atoms with van der Waals surface area (Å²) in [6.07, 6.45) is 3.23. The summed E-state index contributed by atoms with van der Waals surface area (Å²) in [6, 6.07) is 3.28. The second kappa shape index (κ2) is 3.35. The molecule has 1 aromatic carbocycles. The highest BCUT2D eigenvalue weighted by molar-refractivity contribution is 6.31. The first-order chi connectivity index (χ1) is 6.70. The van der Waals surface area contributed by atoms with Crippen LogP contribution in [0.1, 0.15) is 21.5 Å². The Kier molecular flexibility index (Phi) is 2.17. The summed E-state index contributed by atoms with van der Waals surface area (Å²) < 4.78 is 5.09. The summed E-state index contributed by atoms with van der Waals surface area (Å²) in [7, 11) is 0. The van der Waals surface area contributed by atoms with Gasteiger partial charge in [0.05, 0.1) is 6.26 Å². The summed E-state index contributed by atoms with van der Waals surface area (Å²) in [4.78, 5) is 11.1. The van der Waals surface area contributed by atoms with E-state index in [1.807, 2.05) is 0 Å². The summed E-state index contributed by atoms with van der Waals surface area (Å²) >= 11 is 5.95. The first kappa shape index (κ1) is 9.09. The topological polar surface area (TPSA) is 52.3 Å². The Labute approximate surface area is 86.1 Å². The van der Waals surface area contributed by atoms with Crippen molar-refractivity contribution in [3.63, 3.8) is 0 Å². The molecule has 0 radical (unpaired) electrons. The molecule has 1 heterocycles. The van der Waals surface area contributed by atoms with Crippen molar-refractivity contribution in [1.29, 1.82) is 0 Å². The monoisotopic (exact) mass is 209 g/mol. The molecule has 72 valence electrons. The second-order valence-corrected chi connectivity index (χ2v) is 3.37. The Balaban J connectivity index is 2.67. The van der Waals surface area contributed by atoms with Crippen LogP contribution >= 0.6 is 11.6 Å². The molecule has 1 amide bonds. The molecule has 0 fully saturated rings. The van der Waals surface area contributed by atoms with Gasteiger partial charge in [0.25, 0.3) is 0 Å². The van der Waals surface area contributed by atoms with Gasteiger partial charge in [0, 0.05) is 16.1 Å². The van der Waals surface area contributed by atoms with Gasteiger partial charge in [-0.3, -0.25) is 4.79 Å². The van der Waals surface area contributed by atoms with E-state index in [0.717, 1.165) is 11.1 Å². The van der Waals surface area contributed by atoms with E-state index in [4.69, 9.17) is 22.1 Å². The van der Waals surface area contributed by atoms with Crippen LogP contribution < -0.4 is 5.73 Å². The van der Waals surface area contributed by atoms with Crippen LogP contribution in [0.5, 0.6) is 0 Å². The number of primary amides is 1. The highest BCUT2D eigenvalue weighted by Crippen LogP contribution is 2.28. The number of amides is 1. The standard InChI is InChI=1S/C10H8ClNO2/c11-9-2-1-7(10(12)13)6-3-4-14-5-8(6)9/h1-4H,5H2,(H2,12,13). The third-order valence-electron chi connectivity index (χ3n) is 2.12. The second-order valence-electron chi connectivity index (χ2n) is 2.97. The number of halogens is 1. The minimum atomic E-state index is -0.454. The van der Waals surface area contributed by atoms with E-state index in [9.17, 15) is 4.79 Å². The lowest BCUT2D eigenvalue weighted by Gasteiger charge is -2.15. The fraction of sp³-hybridized carbons (Fsp3) is 0.100. The van der Waals surface area contributed by atoms with Crippen molar-refractivity contribution in [3.8, 4) is 0 Å². The zero-order chi connectivity index (χ0) is 10.1. The van der Waals surface area contributed by atoms with Gasteiger partial charge in [-0.1, -0.05) is 11.6 Å². The fourth-order valence-corrected chi connectivity index (χ4v) is 1.66. The highest BCUT2D eigenvalue weighted by Gasteiger charge is 2.16. The molecule has 0 saturated carbocycles. The lowest BCUT2D eigenvalue weighted by molar-refractivity contribution is 0.0999. The molecule has 0 saturated heterocycles. The van der Waals surface area contributed by atoms with Crippen molar-refractivity contribution in [2.45, 2.75) is 6.61 Å². The van der Waals surface area contributed by atoms with E-state index >= 15 is 0 Å². The van der Waals surface area contributed by atoms with Gasteiger partial charge in [-0.05, 0) is 23.8 Å². The molecule has 0 spiro atoms. The number of fused-ring (bicyclic) bond motifs is 1. The predicted molar refractivity (Wildman–Crippen MR) is 53.8 cm³/mol. The number of hydrogen-bond donors (Lipinski definition) is 1. The van der Waals surface area contributed by atoms with Gasteiger partial charge in [0.15, 0.2) is 0 Å².